The highest BCUT2D eigenvalue weighted by Crippen LogP contribution is 2.63. The first kappa shape index (κ1) is 25.0. The lowest BCUT2D eigenvalue weighted by molar-refractivity contribution is -0.223. The Balaban J connectivity index is 1.72. The van der Waals surface area contributed by atoms with Crippen molar-refractivity contribution in [2.45, 2.75) is 94.4 Å². The number of halogens is 1. The molecule has 5 aliphatic rings. The number of hydrogen-bond acceptors (Lipinski definition) is 10. The van der Waals surface area contributed by atoms with Crippen LogP contribution in [0.4, 0.5) is 0 Å². The molecule has 5 fully saturated rings. The summed E-state index contributed by atoms with van der Waals surface area (Å²) in [7, 11) is 0. The Kier molecular flexibility index (Phi) is 5.62. The molecule has 2 saturated carbocycles. The van der Waals surface area contributed by atoms with E-state index >= 15 is 0 Å². The Bertz CT molecular complexity index is 985. The molecule has 5 rings (SSSR count). The molecule has 14 unspecified atom stereocenters. The predicted molar refractivity (Wildman–Crippen MR) is 118 cm³/mol. The molecule has 0 spiro atoms. The third-order valence-electron chi connectivity index (χ3n) is 8.85. The number of rotatable bonds is 2. The molecule has 2 N–H and O–H groups in total. The van der Waals surface area contributed by atoms with Crippen molar-refractivity contribution in [1.29, 1.82) is 0 Å². The number of carbonyl (C=O) groups excluding carboxylic acids is 3. The number of aliphatic hydroxyl groups excluding tert-OH is 1. The fourth-order valence-electron chi connectivity index (χ4n) is 6.93. The fourth-order valence-corrected chi connectivity index (χ4v) is 7.31. The maximum Gasteiger partial charge on any atom is 0.312 e. The van der Waals surface area contributed by atoms with E-state index in [1.807, 2.05) is 0 Å². The molecule has 0 amide bonds. The van der Waals surface area contributed by atoms with Crippen molar-refractivity contribution in [1.82, 2.24) is 0 Å². The van der Waals surface area contributed by atoms with Crippen LogP contribution in [0.25, 0.3) is 0 Å². The minimum atomic E-state index is -2.08. The second-order valence-corrected chi connectivity index (χ2v) is 11.3. The summed E-state index contributed by atoms with van der Waals surface area (Å²) < 4.78 is 28.7. The van der Waals surface area contributed by atoms with Crippen molar-refractivity contribution in [2.75, 3.05) is 0 Å². The lowest BCUT2D eigenvalue weighted by atomic mass is 9.53. The molecule has 3 heterocycles. The van der Waals surface area contributed by atoms with E-state index in [1.165, 1.54) is 20.8 Å². The highest BCUT2D eigenvalue weighted by molar-refractivity contribution is 6.23. The smallest absolute Gasteiger partial charge is 0.312 e. The van der Waals surface area contributed by atoms with Crippen molar-refractivity contribution >= 4 is 29.5 Å². The molecule has 0 radical (unpaired) electrons. The Hall–Kier alpha value is -1.72. The zero-order valence-corrected chi connectivity index (χ0v) is 20.9. The van der Waals surface area contributed by atoms with E-state index in [-0.39, 0.29) is 0 Å². The van der Waals surface area contributed by atoms with Crippen LogP contribution in [-0.2, 0) is 38.1 Å². The highest BCUT2D eigenvalue weighted by Gasteiger charge is 2.77. The van der Waals surface area contributed by atoms with Crippen LogP contribution in [0.5, 0.6) is 0 Å². The molecule has 11 heteroatoms. The van der Waals surface area contributed by atoms with Crippen molar-refractivity contribution in [3.05, 3.63) is 12.2 Å². The summed E-state index contributed by atoms with van der Waals surface area (Å²) in [5.41, 5.74) is -2.85. The molecule has 0 aromatic heterocycles. The van der Waals surface area contributed by atoms with Gasteiger partial charge in [0, 0.05) is 31.1 Å². The van der Waals surface area contributed by atoms with Gasteiger partial charge in [0.2, 0.25) is 0 Å². The standard InChI is InChI=1S/C24H31ClO10/c1-7-12-19(32-11(5)27)24(30)9(3)22(29)35-20(24)13(25)8(2)15-16(33-15)18(28)23(12,6)21-17(34-21)14(7)31-10(4)26/h7,9,12-21,28,30H,2H2,1,3-6H3. The Morgan fingerprint density at radius 3 is 2.31 bits per heavy atom. The van der Waals surface area contributed by atoms with E-state index in [0.29, 0.717) is 5.57 Å². The summed E-state index contributed by atoms with van der Waals surface area (Å²) in [6.07, 6.45) is -6.88. The van der Waals surface area contributed by atoms with E-state index in [0.717, 1.165) is 0 Å². The van der Waals surface area contributed by atoms with Crippen LogP contribution >= 0.6 is 11.6 Å². The van der Waals surface area contributed by atoms with Gasteiger partial charge < -0.3 is 33.9 Å². The Labute approximate surface area is 207 Å². The SMILES string of the molecule is C=C1C(Cl)C2OC(=O)C(C)C2(O)C(OC(C)=O)C2C(C)C(OC(C)=O)C3OC3C2(C)C(O)C2OC12. The first-order valence-electron chi connectivity index (χ1n) is 11.8. The van der Waals surface area contributed by atoms with Gasteiger partial charge in [0.15, 0.2) is 11.7 Å². The van der Waals surface area contributed by atoms with Gasteiger partial charge in [-0.25, -0.2) is 0 Å². The van der Waals surface area contributed by atoms with Crippen molar-refractivity contribution in [3.8, 4) is 0 Å². The molecule has 3 aliphatic heterocycles. The highest BCUT2D eigenvalue weighted by atomic mass is 35.5. The topological polar surface area (TPSA) is 144 Å². The molecule has 194 valence electrons. The normalized spacial score (nSPS) is 54.3. The zero-order valence-electron chi connectivity index (χ0n) is 20.2. The summed E-state index contributed by atoms with van der Waals surface area (Å²) >= 11 is 6.71. The number of aliphatic hydroxyl groups is 2. The summed E-state index contributed by atoms with van der Waals surface area (Å²) in [6, 6.07) is 0. The lowest BCUT2D eigenvalue weighted by Gasteiger charge is -2.54. The first-order valence-corrected chi connectivity index (χ1v) is 12.3. The maximum atomic E-state index is 12.8. The molecular formula is C24H31ClO10. The van der Waals surface area contributed by atoms with Crippen LogP contribution in [-0.4, -0.2) is 87.9 Å². The first-order chi connectivity index (χ1) is 16.3. The maximum absolute atomic E-state index is 12.8. The van der Waals surface area contributed by atoms with Crippen LogP contribution in [0.15, 0.2) is 12.2 Å². The molecule has 0 aromatic rings. The van der Waals surface area contributed by atoms with Crippen molar-refractivity contribution in [2.24, 2.45) is 23.2 Å². The fraction of sp³-hybridized carbons (Fsp3) is 0.792. The monoisotopic (exact) mass is 514 g/mol. The molecule has 0 bridgehead atoms. The minimum absolute atomic E-state index is 0.347. The Morgan fingerprint density at radius 2 is 1.71 bits per heavy atom. The summed E-state index contributed by atoms with van der Waals surface area (Å²) in [5, 5.41) is 22.9. The predicted octanol–water partition coefficient (Wildman–Crippen LogP) is 0.488. The number of carbonyl (C=O) groups is 3. The van der Waals surface area contributed by atoms with Gasteiger partial charge >= 0.3 is 17.9 Å². The molecule has 3 saturated heterocycles. The third-order valence-corrected chi connectivity index (χ3v) is 9.36. The van der Waals surface area contributed by atoms with E-state index in [4.69, 9.17) is 35.3 Å². The van der Waals surface area contributed by atoms with Gasteiger partial charge in [-0.15, -0.1) is 11.6 Å². The number of epoxide rings is 2. The molecular weight excluding hydrogens is 484 g/mol. The van der Waals surface area contributed by atoms with Gasteiger partial charge in [0.1, 0.15) is 30.5 Å². The van der Waals surface area contributed by atoms with Gasteiger partial charge in [-0.05, 0) is 12.5 Å². The minimum Gasteiger partial charge on any atom is -0.459 e. The van der Waals surface area contributed by atoms with E-state index in [9.17, 15) is 24.6 Å². The van der Waals surface area contributed by atoms with Crippen LogP contribution in [0.3, 0.4) is 0 Å². The Morgan fingerprint density at radius 1 is 1.09 bits per heavy atom. The second-order valence-electron chi connectivity index (χ2n) is 10.8. The van der Waals surface area contributed by atoms with Crippen LogP contribution < -0.4 is 0 Å². The summed E-state index contributed by atoms with van der Waals surface area (Å²) in [4.78, 5) is 37.1. The number of alkyl halides is 1. The summed E-state index contributed by atoms with van der Waals surface area (Å²) in [6.45, 7) is 11.5. The molecule has 14 atom stereocenters. The third kappa shape index (κ3) is 3.33. The molecule has 10 nitrogen and oxygen atoms in total. The molecule has 0 aromatic carbocycles. The average molecular weight is 515 g/mol. The van der Waals surface area contributed by atoms with Gasteiger partial charge in [0.05, 0.1) is 23.5 Å². The number of esters is 3. The van der Waals surface area contributed by atoms with Gasteiger partial charge in [-0.2, -0.15) is 0 Å². The van der Waals surface area contributed by atoms with Crippen molar-refractivity contribution in [3.63, 3.8) is 0 Å². The van der Waals surface area contributed by atoms with Crippen molar-refractivity contribution < 1.29 is 48.3 Å². The number of hydrogen-bond donors (Lipinski definition) is 2. The van der Waals surface area contributed by atoms with Gasteiger partial charge in [-0.3, -0.25) is 14.4 Å². The van der Waals surface area contributed by atoms with E-state index < -0.39 is 101 Å². The summed E-state index contributed by atoms with van der Waals surface area (Å²) in [5.74, 6) is -4.45. The van der Waals surface area contributed by atoms with E-state index in [1.54, 1.807) is 13.8 Å². The number of fused-ring (bicyclic) bond motifs is 5. The lowest BCUT2D eigenvalue weighted by Crippen LogP contribution is -2.68. The molecule has 35 heavy (non-hydrogen) atoms. The second kappa shape index (κ2) is 7.89. The van der Waals surface area contributed by atoms with Gasteiger partial charge in [0.25, 0.3) is 0 Å². The number of ether oxygens (including phenoxy) is 5. The average Bonchev–Trinajstić information content (AvgIpc) is 3.69. The van der Waals surface area contributed by atoms with Crippen LogP contribution in [0, 0.1) is 23.2 Å². The van der Waals surface area contributed by atoms with Crippen LogP contribution in [0.1, 0.15) is 34.6 Å². The molecule has 2 aliphatic carbocycles. The largest absolute Gasteiger partial charge is 0.459 e. The zero-order chi connectivity index (χ0) is 25.8. The quantitative estimate of drug-likeness (QED) is 0.175. The van der Waals surface area contributed by atoms with E-state index in [2.05, 4.69) is 6.58 Å². The van der Waals surface area contributed by atoms with Gasteiger partial charge in [-0.1, -0.05) is 20.4 Å². The van der Waals surface area contributed by atoms with Crippen LogP contribution in [0.2, 0.25) is 0 Å².